The fourth-order valence-corrected chi connectivity index (χ4v) is 2.89. The fraction of sp³-hybridized carbons (Fsp3) is 0.529. The van der Waals surface area contributed by atoms with Crippen LogP contribution in [-0.4, -0.2) is 74.1 Å². The number of phenols is 1. The quantitative estimate of drug-likeness (QED) is 0.252. The summed E-state index contributed by atoms with van der Waals surface area (Å²) in [6.45, 7) is 3.97. The zero-order chi connectivity index (χ0) is 21.2. The van der Waals surface area contributed by atoms with Gasteiger partial charge >= 0.3 is 13.1 Å². The Morgan fingerprint density at radius 3 is 2.50 bits per heavy atom. The summed E-state index contributed by atoms with van der Waals surface area (Å²) < 4.78 is 4.98. The van der Waals surface area contributed by atoms with Gasteiger partial charge in [0.05, 0.1) is 19.1 Å². The number of hydrogen-bond acceptors (Lipinski definition) is 8. The first-order chi connectivity index (χ1) is 12.9. The number of hydrogen-bond donors (Lipinski definition) is 6. The molecule has 1 heterocycles. The van der Waals surface area contributed by atoms with Crippen LogP contribution in [0.5, 0.6) is 11.5 Å². The number of ether oxygens (including phenoxy) is 1. The molecule has 0 saturated carbocycles. The number of benzene rings is 1. The van der Waals surface area contributed by atoms with Crippen molar-refractivity contribution in [3.63, 3.8) is 0 Å². The van der Waals surface area contributed by atoms with Gasteiger partial charge in [0.2, 0.25) is 5.91 Å². The van der Waals surface area contributed by atoms with Crippen molar-refractivity contribution in [2.45, 2.75) is 43.5 Å². The Bertz CT molecular complexity index is 748. The fourth-order valence-electron chi connectivity index (χ4n) is 2.78. The maximum Gasteiger partial charge on any atom is 0.451 e. The van der Waals surface area contributed by atoms with Crippen LogP contribution in [-0.2, 0) is 11.2 Å². The summed E-state index contributed by atoms with van der Waals surface area (Å²) in [5.74, 6) is -2.13. The van der Waals surface area contributed by atoms with E-state index >= 15 is 0 Å². The first-order valence-corrected chi connectivity index (χ1v) is 9.24. The first-order valence-electron chi connectivity index (χ1n) is 8.79. The van der Waals surface area contributed by atoms with Gasteiger partial charge in [-0.05, 0) is 38.2 Å². The molecule has 0 spiro atoms. The average molecular weight is 412 g/mol. The molecule has 1 saturated heterocycles. The second kappa shape index (κ2) is 8.60. The molecular formula is C17H25BN2O7S. The molecule has 1 amide bonds. The van der Waals surface area contributed by atoms with E-state index in [1.807, 2.05) is 0 Å². The molecular weight excluding hydrogens is 387 g/mol. The summed E-state index contributed by atoms with van der Waals surface area (Å²) in [4.78, 5) is 25.4. The van der Waals surface area contributed by atoms with Crippen molar-refractivity contribution >= 4 is 31.6 Å². The average Bonchev–Trinajstić information content (AvgIpc) is 2.54. The van der Waals surface area contributed by atoms with Crippen LogP contribution >= 0.6 is 12.6 Å². The Balaban J connectivity index is 2.06. The molecule has 0 aliphatic carbocycles. The lowest BCUT2D eigenvalue weighted by Gasteiger charge is -2.42. The van der Waals surface area contributed by atoms with E-state index in [-0.39, 0.29) is 43.1 Å². The Labute approximate surface area is 168 Å². The Morgan fingerprint density at radius 2 is 2.00 bits per heavy atom. The first kappa shape index (κ1) is 22.3. The molecule has 1 aromatic carbocycles. The molecule has 6 N–H and O–H groups in total. The van der Waals surface area contributed by atoms with Crippen molar-refractivity contribution in [1.29, 1.82) is 0 Å². The predicted molar refractivity (Wildman–Crippen MR) is 106 cm³/mol. The number of aryl methyl sites for hydroxylation is 1. The third-order valence-corrected chi connectivity index (χ3v) is 4.87. The molecule has 1 atom stereocenters. The molecule has 0 unspecified atom stereocenters. The van der Waals surface area contributed by atoms with Gasteiger partial charge in [0, 0.05) is 4.75 Å². The number of rotatable bonds is 8. The van der Waals surface area contributed by atoms with E-state index < -0.39 is 41.3 Å². The SMILES string of the molecule is CC(C)(S)[C@@H](N)C(=O)N1CC(Oc2ccc(CCB(O)O)c(O)c2C(=O)O)C1. The summed E-state index contributed by atoms with van der Waals surface area (Å²) >= 11 is 4.31. The third-order valence-electron chi connectivity index (χ3n) is 4.59. The van der Waals surface area contributed by atoms with E-state index in [0.29, 0.717) is 0 Å². The van der Waals surface area contributed by atoms with Crippen LogP contribution in [0.2, 0.25) is 6.32 Å². The number of aromatic carboxylic acids is 1. The lowest BCUT2D eigenvalue weighted by atomic mass is 9.82. The highest BCUT2D eigenvalue weighted by Gasteiger charge is 2.39. The predicted octanol–water partition coefficient (Wildman–Crippen LogP) is -0.269. The van der Waals surface area contributed by atoms with Crippen molar-refractivity contribution in [1.82, 2.24) is 4.90 Å². The van der Waals surface area contributed by atoms with Crippen LogP contribution in [0.1, 0.15) is 29.8 Å². The van der Waals surface area contributed by atoms with Gasteiger partial charge in [-0.25, -0.2) is 4.79 Å². The molecule has 1 aliphatic heterocycles. The molecule has 28 heavy (non-hydrogen) atoms. The van der Waals surface area contributed by atoms with Gasteiger partial charge in [0.15, 0.2) is 0 Å². The summed E-state index contributed by atoms with van der Waals surface area (Å²) in [6, 6.07) is 2.10. The molecule has 154 valence electrons. The number of carbonyl (C=O) groups is 2. The number of amides is 1. The molecule has 0 bridgehead atoms. The van der Waals surface area contributed by atoms with Crippen LogP contribution in [0, 0.1) is 0 Å². The summed E-state index contributed by atoms with van der Waals surface area (Å²) in [5.41, 5.74) is 5.77. The zero-order valence-electron chi connectivity index (χ0n) is 15.7. The maximum atomic E-state index is 12.3. The molecule has 1 aromatic rings. The highest BCUT2D eigenvalue weighted by atomic mass is 32.1. The van der Waals surface area contributed by atoms with Crippen LogP contribution in [0.3, 0.4) is 0 Å². The third kappa shape index (κ3) is 5.10. The van der Waals surface area contributed by atoms with Gasteiger partial charge in [-0.3, -0.25) is 4.79 Å². The topological polar surface area (TPSA) is 154 Å². The number of nitrogens with zero attached hydrogens (tertiary/aromatic N) is 1. The molecule has 1 fully saturated rings. The highest BCUT2D eigenvalue weighted by Crippen LogP contribution is 2.34. The number of nitrogens with two attached hydrogens (primary N) is 1. The normalized spacial score (nSPS) is 15.7. The number of aromatic hydroxyl groups is 1. The number of likely N-dealkylation sites (tertiary alicyclic amines) is 1. The number of carbonyl (C=O) groups excluding carboxylic acids is 1. The lowest BCUT2D eigenvalue weighted by molar-refractivity contribution is -0.142. The highest BCUT2D eigenvalue weighted by molar-refractivity contribution is 7.81. The van der Waals surface area contributed by atoms with Crippen LogP contribution in [0.15, 0.2) is 12.1 Å². The van der Waals surface area contributed by atoms with Crippen molar-refractivity contribution in [3.05, 3.63) is 23.3 Å². The van der Waals surface area contributed by atoms with Crippen LogP contribution in [0.4, 0.5) is 0 Å². The smallest absolute Gasteiger partial charge is 0.451 e. The van der Waals surface area contributed by atoms with Crippen molar-refractivity contribution < 1.29 is 34.6 Å². The van der Waals surface area contributed by atoms with Gasteiger partial charge in [0.25, 0.3) is 0 Å². The van der Waals surface area contributed by atoms with E-state index in [1.54, 1.807) is 13.8 Å². The van der Waals surface area contributed by atoms with Crippen molar-refractivity contribution in [3.8, 4) is 11.5 Å². The molecule has 11 heteroatoms. The monoisotopic (exact) mass is 412 g/mol. The minimum absolute atomic E-state index is 0.0192. The van der Waals surface area contributed by atoms with Gasteiger partial charge in [0.1, 0.15) is 23.2 Å². The molecule has 2 rings (SSSR count). The van der Waals surface area contributed by atoms with Crippen molar-refractivity contribution in [2.24, 2.45) is 5.73 Å². The molecule has 1 aliphatic rings. The summed E-state index contributed by atoms with van der Waals surface area (Å²) in [7, 11) is -1.56. The second-order valence-electron chi connectivity index (χ2n) is 7.39. The number of carboxylic acid groups (broad SMARTS) is 1. The summed E-state index contributed by atoms with van der Waals surface area (Å²) in [6.07, 6.45) is -0.386. The van der Waals surface area contributed by atoms with Gasteiger partial charge < -0.3 is 35.6 Å². The van der Waals surface area contributed by atoms with E-state index in [1.165, 1.54) is 17.0 Å². The van der Waals surface area contributed by atoms with E-state index in [4.69, 9.17) is 20.5 Å². The lowest BCUT2D eigenvalue weighted by Crippen LogP contribution is -2.62. The molecule has 9 nitrogen and oxygen atoms in total. The van der Waals surface area contributed by atoms with E-state index in [0.717, 1.165) is 0 Å². The molecule has 0 aromatic heterocycles. The Kier molecular flexibility index (Phi) is 6.86. The number of thiol groups is 1. The standard InChI is InChI=1S/C17H25BN2O7S/c1-17(2,28)14(19)15(22)20-7-10(8-20)27-11-4-3-9(5-6-18(25)26)13(21)12(11)16(23)24/h3-4,10,14,21,25-26,28H,5-8,19H2,1-2H3,(H,23,24)/t14-/m0/s1. The minimum Gasteiger partial charge on any atom is -0.507 e. The number of carboxylic acids is 1. The zero-order valence-corrected chi connectivity index (χ0v) is 16.6. The van der Waals surface area contributed by atoms with Gasteiger partial charge in [-0.2, -0.15) is 12.6 Å². The van der Waals surface area contributed by atoms with Crippen LogP contribution in [0.25, 0.3) is 0 Å². The largest absolute Gasteiger partial charge is 0.507 e. The minimum atomic E-state index is -1.56. The van der Waals surface area contributed by atoms with Gasteiger partial charge in [-0.1, -0.05) is 6.07 Å². The van der Waals surface area contributed by atoms with Crippen LogP contribution < -0.4 is 10.5 Å². The summed E-state index contributed by atoms with van der Waals surface area (Å²) in [5, 5.41) is 37.6. The Morgan fingerprint density at radius 1 is 1.39 bits per heavy atom. The second-order valence-corrected chi connectivity index (χ2v) is 8.54. The van der Waals surface area contributed by atoms with E-state index in [2.05, 4.69) is 12.6 Å². The van der Waals surface area contributed by atoms with E-state index in [9.17, 15) is 19.8 Å². The molecule has 0 radical (unpaired) electrons. The van der Waals surface area contributed by atoms with Gasteiger partial charge in [-0.15, -0.1) is 0 Å². The maximum absolute atomic E-state index is 12.3. The van der Waals surface area contributed by atoms with Crippen molar-refractivity contribution in [2.75, 3.05) is 13.1 Å². The Hall–Kier alpha value is -1.95.